The highest BCUT2D eigenvalue weighted by Gasteiger charge is 2.31. The molecule has 1 aromatic rings. The van der Waals surface area contributed by atoms with Crippen molar-refractivity contribution in [3.63, 3.8) is 0 Å². The van der Waals surface area contributed by atoms with Crippen LogP contribution in [0.1, 0.15) is 39.8 Å². The van der Waals surface area contributed by atoms with Crippen molar-refractivity contribution in [3.8, 4) is 0 Å². The molecule has 114 valence electrons. The SMILES string of the molecule is CCNCc1cn(CCN2CCC(C(C)(C)C)C2)nn1. The van der Waals surface area contributed by atoms with Crippen LogP contribution in [0, 0.1) is 11.3 Å². The number of nitrogens with zero attached hydrogens (tertiary/aromatic N) is 4. The molecule has 20 heavy (non-hydrogen) atoms. The van der Waals surface area contributed by atoms with Gasteiger partial charge in [-0.1, -0.05) is 32.9 Å². The molecule has 5 heteroatoms. The zero-order valence-electron chi connectivity index (χ0n) is 13.4. The minimum Gasteiger partial charge on any atom is -0.311 e. The summed E-state index contributed by atoms with van der Waals surface area (Å²) in [6.45, 7) is 15.4. The number of hydrogen-bond donors (Lipinski definition) is 1. The Kier molecular flexibility index (Phi) is 5.16. The average Bonchev–Trinajstić information content (AvgIpc) is 3.02. The number of aromatic nitrogens is 3. The molecule has 0 saturated carbocycles. The first-order chi connectivity index (χ1) is 9.49. The van der Waals surface area contributed by atoms with Crippen LogP contribution in [0.15, 0.2) is 6.20 Å². The van der Waals surface area contributed by atoms with Gasteiger partial charge in [0.1, 0.15) is 0 Å². The maximum Gasteiger partial charge on any atom is 0.0964 e. The van der Waals surface area contributed by atoms with Gasteiger partial charge in [0.15, 0.2) is 0 Å². The first-order valence-electron chi connectivity index (χ1n) is 7.81. The van der Waals surface area contributed by atoms with Crippen molar-refractivity contribution in [3.05, 3.63) is 11.9 Å². The molecule has 1 unspecified atom stereocenters. The van der Waals surface area contributed by atoms with E-state index in [9.17, 15) is 0 Å². The summed E-state index contributed by atoms with van der Waals surface area (Å²) in [4.78, 5) is 2.56. The van der Waals surface area contributed by atoms with E-state index in [1.807, 2.05) is 4.68 Å². The molecule has 1 N–H and O–H groups in total. The molecule has 0 bridgehead atoms. The molecular weight excluding hydrogens is 250 g/mol. The Balaban J connectivity index is 1.74. The molecule has 1 aliphatic rings. The highest BCUT2D eigenvalue weighted by atomic mass is 15.4. The van der Waals surface area contributed by atoms with Gasteiger partial charge in [0.05, 0.1) is 12.2 Å². The first kappa shape index (κ1) is 15.4. The fourth-order valence-electron chi connectivity index (χ4n) is 2.77. The van der Waals surface area contributed by atoms with E-state index in [0.29, 0.717) is 5.41 Å². The predicted octanol–water partition coefficient (Wildman–Crippen LogP) is 1.76. The van der Waals surface area contributed by atoms with Crippen LogP contribution in [0.25, 0.3) is 0 Å². The average molecular weight is 279 g/mol. The van der Waals surface area contributed by atoms with Gasteiger partial charge in [0.25, 0.3) is 0 Å². The van der Waals surface area contributed by atoms with Gasteiger partial charge in [-0.3, -0.25) is 4.68 Å². The molecule has 0 amide bonds. The van der Waals surface area contributed by atoms with E-state index in [1.54, 1.807) is 0 Å². The van der Waals surface area contributed by atoms with Gasteiger partial charge in [0, 0.05) is 25.8 Å². The van der Waals surface area contributed by atoms with E-state index >= 15 is 0 Å². The molecule has 2 heterocycles. The Bertz CT molecular complexity index is 407. The molecule has 1 aromatic heterocycles. The maximum atomic E-state index is 4.20. The van der Waals surface area contributed by atoms with Crippen LogP contribution in [0.3, 0.4) is 0 Å². The first-order valence-corrected chi connectivity index (χ1v) is 7.81. The molecule has 1 saturated heterocycles. The van der Waals surface area contributed by atoms with Gasteiger partial charge in [-0.05, 0) is 30.8 Å². The van der Waals surface area contributed by atoms with Crippen LogP contribution < -0.4 is 5.32 Å². The van der Waals surface area contributed by atoms with Crippen molar-refractivity contribution in [2.75, 3.05) is 26.2 Å². The Labute approximate surface area is 122 Å². The highest BCUT2D eigenvalue weighted by molar-refractivity contribution is 4.91. The normalized spacial score (nSPS) is 20.7. The fraction of sp³-hybridized carbons (Fsp3) is 0.867. The Hall–Kier alpha value is -0.940. The van der Waals surface area contributed by atoms with Crippen molar-refractivity contribution in [2.45, 2.75) is 47.2 Å². The number of hydrogen-bond acceptors (Lipinski definition) is 4. The number of nitrogens with one attached hydrogen (secondary N) is 1. The van der Waals surface area contributed by atoms with E-state index in [-0.39, 0.29) is 0 Å². The molecule has 0 aromatic carbocycles. The van der Waals surface area contributed by atoms with Crippen LogP contribution in [-0.4, -0.2) is 46.1 Å². The van der Waals surface area contributed by atoms with Gasteiger partial charge in [-0.25, -0.2) is 0 Å². The Morgan fingerprint density at radius 2 is 2.15 bits per heavy atom. The summed E-state index contributed by atoms with van der Waals surface area (Å²) < 4.78 is 1.97. The van der Waals surface area contributed by atoms with Crippen molar-refractivity contribution in [1.29, 1.82) is 0 Å². The van der Waals surface area contributed by atoms with Gasteiger partial charge in [-0.2, -0.15) is 0 Å². The summed E-state index contributed by atoms with van der Waals surface area (Å²) >= 11 is 0. The third-order valence-electron chi connectivity index (χ3n) is 4.28. The van der Waals surface area contributed by atoms with Gasteiger partial charge < -0.3 is 10.2 Å². The fourth-order valence-corrected chi connectivity index (χ4v) is 2.77. The van der Waals surface area contributed by atoms with Crippen LogP contribution in [0.4, 0.5) is 0 Å². The molecule has 0 aliphatic carbocycles. The monoisotopic (exact) mass is 279 g/mol. The summed E-state index contributed by atoms with van der Waals surface area (Å²) in [5.41, 5.74) is 1.46. The molecular formula is C15H29N5. The predicted molar refractivity (Wildman–Crippen MR) is 81.4 cm³/mol. The van der Waals surface area contributed by atoms with E-state index in [0.717, 1.165) is 37.8 Å². The summed E-state index contributed by atoms with van der Waals surface area (Å²) in [7, 11) is 0. The lowest BCUT2D eigenvalue weighted by Crippen LogP contribution is -2.28. The lowest BCUT2D eigenvalue weighted by molar-refractivity contribution is 0.225. The van der Waals surface area contributed by atoms with Crippen LogP contribution in [-0.2, 0) is 13.1 Å². The van der Waals surface area contributed by atoms with Gasteiger partial charge in [-0.15, -0.1) is 5.10 Å². The van der Waals surface area contributed by atoms with Crippen molar-refractivity contribution < 1.29 is 0 Å². The minimum absolute atomic E-state index is 0.432. The second-order valence-electron chi connectivity index (χ2n) is 6.91. The number of likely N-dealkylation sites (tertiary alicyclic amines) is 1. The Morgan fingerprint density at radius 3 is 2.80 bits per heavy atom. The topological polar surface area (TPSA) is 46.0 Å². The van der Waals surface area contributed by atoms with Crippen molar-refractivity contribution in [1.82, 2.24) is 25.2 Å². The lowest BCUT2D eigenvalue weighted by atomic mass is 9.80. The minimum atomic E-state index is 0.432. The van der Waals surface area contributed by atoms with E-state index in [1.165, 1.54) is 19.5 Å². The lowest BCUT2D eigenvalue weighted by Gasteiger charge is -2.27. The van der Waals surface area contributed by atoms with Crippen LogP contribution >= 0.6 is 0 Å². The zero-order chi connectivity index (χ0) is 14.6. The standard InChI is InChI=1S/C15H29N5/c1-5-16-10-14-12-20(18-17-14)9-8-19-7-6-13(11-19)15(2,3)4/h12-13,16H,5-11H2,1-4H3. The van der Waals surface area contributed by atoms with E-state index in [2.05, 4.69) is 54.4 Å². The smallest absolute Gasteiger partial charge is 0.0964 e. The molecule has 2 rings (SSSR count). The van der Waals surface area contributed by atoms with Crippen molar-refractivity contribution in [2.24, 2.45) is 11.3 Å². The van der Waals surface area contributed by atoms with E-state index < -0.39 is 0 Å². The third-order valence-corrected chi connectivity index (χ3v) is 4.28. The van der Waals surface area contributed by atoms with Gasteiger partial charge in [0.2, 0.25) is 0 Å². The third kappa shape index (κ3) is 4.28. The molecule has 1 aliphatic heterocycles. The number of rotatable bonds is 6. The molecule has 0 radical (unpaired) electrons. The van der Waals surface area contributed by atoms with E-state index in [4.69, 9.17) is 0 Å². The van der Waals surface area contributed by atoms with Crippen molar-refractivity contribution >= 4 is 0 Å². The summed E-state index contributed by atoms with van der Waals surface area (Å²) in [6.07, 6.45) is 3.38. The summed E-state index contributed by atoms with van der Waals surface area (Å²) in [6, 6.07) is 0. The summed E-state index contributed by atoms with van der Waals surface area (Å²) in [5, 5.41) is 11.7. The maximum absolute atomic E-state index is 4.20. The molecule has 5 nitrogen and oxygen atoms in total. The molecule has 0 spiro atoms. The second-order valence-corrected chi connectivity index (χ2v) is 6.91. The van der Waals surface area contributed by atoms with Crippen LogP contribution in [0.2, 0.25) is 0 Å². The quantitative estimate of drug-likeness (QED) is 0.862. The van der Waals surface area contributed by atoms with Crippen LogP contribution in [0.5, 0.6) is 0 Å². The molecule has 1 atom stereocenters. The van der Waals surface area contributed by atoms with Gasteiger partial charge >= 0.3 is 0 Å². The largest absolute Gasteiger partial charge is 0.311 e. The highest BCUT2D eigenvalue weighted by Crippen LogP contribution is 2.33. The Morgan fingerprint density at radius 1 is 1.35 bits per heavy atom. The second kappa shape index (κ2) is 6.68. The summed E-state index contributed by atoms with van der Waals surface area (Å²) in [5.74, 6) is 0.822. The molecule has 1 fully saturated rings. The zero-order valence-corrected chi connectivity index (χ0v) is 13.4.